The first-order chi connectivity index (χ1) is 9.84. The molecular formula is C16H10ClN3. The minimum atomic E-state index is 0.442. The molecule has 0 aliphatic carbocycles. The molecule has 4 heteroatoms. The Balaban J connectivity index is 2.21. The average Bonchev–Trinajstić information content (AvgIpc) is 2.82. The summed E-state index contributed by atoms with van der Waals surface area (Å²) in [6.45, 7) is 0. The molecule has 0 unspecified atom stereocenters. The Labute approximate surface area is 120 Å². The van der Waals surface area contributed by atoms with E-state index in [0.717, 1.165) is 11.0 Å². The summed E-state index contributed by atoms with van der Waals surface area (Å²) in [6.07, 6.45) is 1.67. The number of nitrogens with zero attached hydrogens (tertiary/aromatic N) is 3. The van der Waals surface area contributed by atoms with Gasteiger partial charge in [-0.15, -0.1) is 0 Å². The lowest BCUT2D eigenvalue weighted by Crippen LogP contribution is -2.00. The van der Waals surface area contributed by atoms with E-state index in [0.29, 0.717) is 11.1 Å². The van der Waals surface area contributed by atoms with E-state index in [-0.39, 0.29) is 0 Å². The van der Waals surface area contributed by atoms with Gasteiger partial charge < -0.3 is 0 Å². The van der Waals surface area contributed by atoms with Crippen LogP contribution in [0.1, 0.15) is 0 Å². The number of hydrogen-bond acceptors (Lipinski definition) is 2. The molecule has 3 nitrogen and oxygen atoms in total. The van der Waals surface area contributed by atoms with Crippen LogP contribution in [-0.2, 0) is 0 Å². The molecule has 4 rings (SSSR count). The minimum Gasteiger partial charge on any atom is -0.278 e. The highest BCUT2D eigenvalue weighted by Gasteiger charge is 2.12. The molecule has 0 amide bonds. The van der Waals surface area contributed by atoms with Gasteiger partial charge in [0, 0.05) is 17.0 Å². The van der Waals surface area contributed by atoms with Gasteiger partial charge in [-0.25, -0.2) is 9.97 Å². The summed E-state index contributed by atoms with van der Waals surface area (Å²) in [7, 11) is 0. The van der Waals surface area contributed by atoms with Gasteiger partial charge in [-0.2, -0.15) is 0 Å². The predicted octanol–water partition coefficient (Wildman–Crippen LogP) is 4.23. The van der Waals surface area contributed by atoms with E-state index in [1.807, 2.05) is 28.8 Å². The second-order valence-electron chi connectivity index (χ2n) is 4.55. The maximum atomic E-state index is 6.00. The summed E-state index contributed by atoms with van der Waals surface area (Å²) in [5.74, 6) is 0.593. The molecule has 2 heterocycles. The van der Waals surface area contributed by atoms with Crippen LogP contribution in [0.25, 0.3) is 27.8 Å². The molecule has 0 saturated heterocycles. The van der Waals surface area contributed by atoms with Gasteiger partial charge in [-0.3, -0.25) is 4.57 Å². The van der Waals surface area contributed by atoms with Crippen molar-refractivity contribution < 1.29 is 0 Å². The summed E-state index contributed by atoms with van der Waals surface area (Å²) >= 11 is 6.00. The van der Waals surface area contributed by atoms with Crippen molar-refractivity contribution >= 4 is 33.4 Å². The van der Waals surface area contributed by atoms with Crippen molar-refractivity contribution in [3.05, 3.63) is 65.9 Å². The van der Waals surface area contributed by atoms with E-state index in [1.54, 1.807) is 12.3 Å². The van der Waals surface area contributed by atoms with E-state index in [9.17, 15) is 0 Å². The summed E-state index contributed by atoms with van der Waals surface area (Å²) < 4.78 is 2.04. The number of hydrogen-bond donors (Lipinski definition) is 0. The molecule has 0 fully saturated rings. The summed E-state index contributed by atoms with van der Waals surface area (Å²) in [5, 5.41) is 2.82. The van der Waals surface area contributed by atoms with E-state index in [2.05, 4.69) is 34.2 Å². The Kier molecular flexibility index (Phi) is 2.47. The van der Waals surface area contributed by atoms with Crippen molar-refractivity contribution in [1.82, 2.24) is 14.5 Å². The topological polar surface area (TPSA) is 30.7 Å². The smallest absolute Gasteiger partial charge is 0.236 e. The van der Waals surface area contributed by atoms with Crippen molar-refractivity contribution in [1.29, 1.82) is 0 Å². The highest BCUT2D eigenvalue weighted by atomic mass is 35.5. The van der Waals surface area contributed by atoms with Gasteiger partial charge in [0.15, 0.2) is 0 Å². The van der Waals surface area contributed by atoms with Crippen LogP contribution in [-0.4, -0.2) is 14.5 Å². The molecule has 2 aromatic heterocycles. The van der Waals surface area contributed by atoms with Crippen LogP contribution in [0.4, 0.5) is 0 Å². The first-order valence-electron chi connectivity index (χ1n) is 6.32. The van der Waals surface area contributed by atoms with E-state index in [4.69, 9.17) is 11.6 Å². The fourth-order valence-corrected chi connectivity index (χ4v) is 2.70. The van der Waals surface area contributed by atoms with Crippen LogP contribution in [0, 0.1) is 0 Å². The molecule has 0 atom stereocenters. The molecule has 96 valence electrons. The van der Waals surface area contributed by atoms with Gasteiger partial charge in [-0.05, 0) is 18.2 Å². The van der Waals surface area contributed by atoms with Crippen LogP contribution in [0.5, 0.6) is 0 Å². The first-order valence-corrected chi connectivity index (χ1v) is 6.69. The van der Waals surface area contributed by atoms with Crippen molar-refractivity contribution in [3.63, 3.8) is 0 Å². The quantitative estimate of drug-likeness (QED) is 0.488. The van der Waals surface area contributed by atoms with Gasteiger partial charge in [0.25, 0.3) is 0 Å². The Morgan fingerprint density at radius 1 is 0.800 bits per heavy atom. The van der Waals surface area contributed by atoms with Crippen molar-refractivity contribution in [2.75, 3.05) is 0 Å². The fraction of sp³-hybridized carbons (Fsp3) is 0. The van der Waals surface area contributed by atoms with Gasteiger partial charge in [0.05, 0.1) is 11.0 Å². The normalized spacial score (nSPS) is 11.2. The Hall–Kier alpha value is -2.39. The van der Waals surface area contributed by atoms with Gasteiger partial charge in [0.1, 0.15) is 5.15 Å². The first kappa shape index (κ1) is 11.4. The Bertz CT molecular complexity index is 874. The summed E-state index contributed by atoms with van der Waals surface area (Å²) in [4.78, 5) is 8.68. The molecule has 0 N–H and O–H groups in total. The molecule has 0 radical (unpaired) electrons. The molecule has 2 aromatic carbocycles. The second kappa shape index (κ2) is 4.32. The zero-order chi connectivity index (χ0) is 13.5. The van der Waals surface area contributed by atoms with Gasteiger partial charge in [-0.1, -0.05) is 48.0 Å². The zero-order valence-corrected chi connectivity index (χ0v) is 11.2. The third-order valence-corrected chi connectivity index (χ3v) is 3.60. The number of rotatable bonds is 1. The predicted molar refractivity (Wildman–Crippen MR) is 81.4 cm³/mol. The Morgan fingerprint density at radius 2 is 1.40 bits per heavy atom. The zero-order valence-electron chi connectivity index (χ0n) is 10.5. The molecule has 0 saturated carbocycles. The number of benzene rings is 2. The molecule has 0 spiro atoms. The lowest BCUT2D eigenvalue weighted by atomic mass is 10.2. The van der Waals surface area contributed by atoms with Crippen molar-refractivity contribution in [3.8, 4) is 5.95 Å². The van der Waals surface area contributed by atoms with E-state index in [1.165, 1.54) is 10.8 Å². The second-order valence-corrected chi connectivity index (χ2v) is 4.94. The molecule has 20 heavy (non-hydrogen) atoms. The van der Waals surface area contributed by atoms with Crippen LogP contribution >= 0.6 is 11.6 Å². The van der Waals surface area contributed by atoms with Gasteiger partial charge in [0.2, 0.25) is 5.95 Å². The standard InChI is InChI=1S/C16H10ClN3/c17-15-9-10-18-16(19-15)20-13-7-3-1-5-11(13)12-6-2-4-8-14(12)20/h1-10H. The number of halogens is 1. The monoisotopic (exact) mass is 279 g/mol. The minimum absolute atomic E-state index is 0.442. The fourth-order valence-electron chi connectivity index (χ4n) is 2.57. The van der Waals surface area contributed by atoms with Crippen LogP contribution in [0.15, 0.2) is 60.8 Å². The van der Waals surface area contributed by atoms with E-state index >= 15 is 0 Å². The molecule has 0 aliphatic rings. The maximum Gasteiger partial charge on any atom is 0.236 e. The van der Waals surface area contributed by atoms with Crippen LogP contribution < -0.4 is 0 Å². The van der Waals surface area contributed by atoms with Crippen molar-refractivity contribution in [2.24, 2.45) is 0 Å². The maximum absolute atomic E-state index is 6.00. The number of para-hydroxylation sites is 2. The SMILES string of the molecule is Clc1ccnc(-n2c3ccccc3c3ccccc32)n1. The summed E-state index contributed by atoms with van der Waals surface area (Å²) in [5.41, 5.74) is 2.16. The lowest BCUT2D eigenvalue weighted by Gasteiger charge is -2.05. The largest absolute Gasteiger partial charge is 0.278 e. The molecule has 0 aliphatic heterocycles. The van der Waals surface area contributed by atoms with Crippen LogP contribution in [0.2, 0.25) is 5.15 Å². The Morgan fingerprint density at radius 3 is 2.00 bits per heavy atom. The third kappa shape index (κ3) is 1.60. The highest BCUT2D eigenvalue weighted by molar-refractivity contribution is 6.29. The van der Waals surface area contributed by atoms with Gasteiger partial charge >= 0.3 is 0 Å². The summed E-state index contributed by atoms with van der Waals surface area (Å²) in [6, 6.07) is 18.1. The average molecular weight is 280 g/mol. The van der Waals surface area contributed by atoms with E-state index < -0.39 is 0 Å². The third-order valence-electron chi connectivity index (χ3n) is 3.39. The number of fused-ring (bicyclic) bond motifs is 3. The highest BCUT2D eigenvalue weighted by Crippen LogP contribution is 2.30. The molecule has 0 bridgehead atoms. The molecular weight excluding hydrogens is 270 g/mol. The molecule has 4 aromatic rings. The van der Waals surface area contributed by atoms with Crippen molar-refractivity contribution in [2.45, 2.75) is 0 Å². The lowest BCUT2D eigenvalue weighted by molar-refractivity contribution is 0.989. The van der Waals surface area contributed by atoms with Crippen LogP contribution in [0.3, 0.4) is 0 Å². The number of aromatic nitrogens is 3.